The van der Waals surface area contributed by atoms with Gasteiger partial charge in [0.25, 0.3) is 5.91 Å². The van der Waals surface area contributed by atoms with E-state index in [9.17, 15) is 4.79 Å². The topological polar surface area (TPSA) is 58.1 Å². The fourth-order valence-electron chi connectivity index (χ4n) is 3.56. The van der Waals surface area contributed by atoms with E-state index in [4.69, 9.17) is 11.6 Å². The van der Waals surface area contributed by atoms with E-state index in [0.717, 1.165) is 48.4 Å². The molecule has 1 aromatic carbocycles. The van der Waals surface area contributed by atoms with Crippen molar-refractivity contribution in [1.82, 2.24) is 14.9 Å². The van der Waals surface area contributed by atoms with Crippen LogP contribution in [-0.4, -0.2) is 33.9 Å². The number of carbonyl (C=O) groups is 1. The van der Waals surface area contributed by atoms with Crippen LogP contribution in [-0.2, 0) is 0 Å². The van der Waals surface area contributed by atoms with Crippen molar-refractivity contribution in [3.63, 3.8) is 0 Å². The molecule has 1 fully saturated rings. The third-order valence-electron chi connectivity index (χ3n) is 5.26. The number of amides is 1. The fraction of sp³-hybridized carbons (Fsp3) is 0.318. The second-order valence-electron chi connectivity index (χ2n) is 7.48. The zero-order valence-corrected chi connectivity index (χ0v) is 16.8. The minimum atomic E-state index is 0.00593. The van der Waals surface area contributed by atoms with Crippen LogP contribution in [0.5, 0.6) is 0 Å². The first-order valence-electron chi connectivity index (χ1n) is 9.59. The number of aryl methyl sites for hydroxylation is 1. The second kappa shape index (κ2) is 7.76. The number of rotatable bonds is 3. The monoisotopic (exact) mass is 394 g/mol. The maximum atomic E-state index is 13.3. The molecule has 3 heterocycles. The van der Waals surface area contributed by atoms with Gasteiger partial charge in [-0.15, -0.1) is 0 Å². The van der Waals surface area contributed by atoms with E-state index in [1.165, 1.54) is 0 Å². The predicted octanol–water partition coefficient (Wildman–Crippen LogP) is 5.21. The molecular formula is C22H23ClN4O. The number of pyridine rings is 2. The summed E-state index contributed by atoms with van der Waals surface area (Å²) in [6.07, 6.45) is 3.71. The van der Waals surface area contributed by atoms with Gasteiger partial charge in [0, 0.05) is 41.1 Å². The summed E-state index contributed by atoms with van der Waals surface area (Å²) in [5, 5.41) is 4.85. The van der Waals surface area contributed by atoms with Crippen LogP contribution in [0.25, 0.3) is 11.0 Å². The first-order valence-corrected chi connectivity index (χ1v) is 9.97. The van der Waals surface area contributed by atoms with Crippen LogP contribution in [0.15, 0.2) is 42.6 Å². The van der Waals surface area contributed by atoms with Crippen molar-refractivity contribution in [2.45, 2.75) is 26.7 Å². The summed E-state index contributed by atoms with van der Waals surface area (Å²) in [6.45, 7) is 5.72. The predicted molar refractivity (Wildman–Crippen MR) is 113 cm³/mol. The van der Waals surface area contributed by atoms with E-state index >= 15 is 0 Å². The molecule has 0 atom stereocenters. The Morgan fingerprint density at radius 1 is 1.21 bits per heavy atom. The van der Waals surface area contributed by atoms with Gasteiger partial charge < -0.3 is 10.2 Å². The van der Waals surface area contributed by atoms with E-state index in [0.29, 0.717) is 22.2 Å². The highest BCUT2D eigenvalue weighted by molar-refractivity contribution is 6.30. The number of benzene rings is 1. The van der Waals surface area contributed by atoms with Crippen LogP contribution < -0.4 is 5.32 Å². The highest BCUT2D eigenvalue weighted by atomic mass is 35.5. The average molecular weight is 395 g/mol. The number of likely N-dealkylation sites (tertiary alicyclic amines) is 1. The van der Waals surface area contributed by atoms with Gasteiger partial charge in [0.15, 0.2) is 5.65 Å². The summed E-state index contributed by atoms with van der Waals surface area (Å²) in [5.74, 6) is 0.668. The molecule has 28 heavy (non-hydrogen) atoms. The van der Waals surface area contributed by atoms with E-state index in [-0.39, 0.29) is 5.91 Å². The fourth-order valence-corrected chi connectivity index (χ4v) is 3.75. The summed E-state index contributed by atoms with van der Waals surface area (Å²) >= 11 is 6.15. The lowest BCUT2D eigenvalue weighted by Crippen LogP contribution is -2.38. The van der Waals surface area contributed by atoms with Crippen LogP contribution in [0.3, 0.4) is 0 Å². The van der Waals surface area contributed by atoms with Crippen molar-refractivity contribution >= 4 is 39.9 Å². The lowest BCUT2D eigenvalue weighted by Gasteiger charge is -2.31. The number of hydrogen-bond donors (Lipinski definition) is 1. The van der Waals surface area contributed by atoms with Crippen LogP contribution >= 0.6 is 11.6 Å². The molecule has 0 spiro atoms. The molecule has 0 aliphatic carbocycles. The quantitative estimate of drug-likeness (QED) is 0.662. The molecule has 2 aromatic heterocycles. The Labute approximate surface area is 169 Å². The van der Waals surface area contributed by atoms with Gasteiger partial charge in [0.05, 0.1) is 11.3 Å². The average Bonchev–Trinajstić information content (AvgIpc) is 2.68. The summed E-state index contributed by atoms with van der Waals surface area (Å²) in [6, 6.07) is 11.4. The third kappa shape index (κ3) is 3.80. The molecular weight excluding hydrogens is 372 g/mol. The van der Waals surface area contributed by atoms with Crippen molar-refractivity contribution in [3.8, 4) is 0 Å². The minimum absolute atomic E-state index is 0.00593. The Hall–Kier alpha value is -2.66. The molecule has 3 aromatic rings. The molecule has 1 aliphatic rings. The zero-order valence-electron chi connectivity index (χ0n) is 16.1. The number of anilines is 2. The van der Waals surface area contributed by atoms with Crippen LogP contribution in [0.2, 0.25) is 5.02 Å². The number of hydrogen-bond acceptors (Lipinski definition) is 4. The summed E-state index contributed by atoms with van der Waals surface area (Å²) in [7, 11) is 0. The second-order valence-corrected chi connectivity index (χ2v) is 7.92. The molecule has 0 saturated carbocycles. The van der Waals surface area contributed by atoms with Crippen molar-refractivity contribution in [2.75, 3.05) is 18.4 Å². The molecule has 0 unspecified atom stereocenters. The van der Waals surface area contributed by atoms with E-state index in [1.54, 1.807) is 6.20 Å². The summed E-state index contributed by atoms with van der Waals surface area (Å²) in [4.78, 5) is 24.2. The SMILES string of the molecule is Cc1ccc2c(Nc3cccc(Cl)c3)c(C(=O)N3CCC(C)CC3)cnc2n1. The lowest BCUT2D eigenvalue weighted by molar-refractivity contribution is 0.0698. The van der Waals surface area contributed by atoms with Crippen molar-refractivity contribution in [3.05, 3.63) is 58.9 Å². The molecule has 144 valence electrons. The zero-order chi connectivity index (χ0) is 19.7. The van der Waals surface area contributed by atoms with Gasteiger partial charge in [0.1, 0.15) is 0 Å². The molecule has 0 radical (unpaired) electrons. The first-order chi connectivity index (χ1) is 13.5. The summed E-state index contributed by atoms with van der Waals surface area (Å²) in [5.41, 5.74) is 3.61. The molecule has 1 amide bonds. The number of carbonyl (C=O) groups excluding carboxylic acids is 1. The van der Waals surface area contributed by atoms with Gasteiger partial charge in [-0.25, -0.2) is 9.97 Å². The highest BCUT2D eigenvalue weighted by Gasteiger charge is 2.25. The molecule has 1 aliphatic heterocycles. The van der Waals surface area contributed by atoms with Gasteiger partial charge in [-0.3, -0.25) is 4.79 Å². The molecule has 1 N–H and O–H groups in total. The standard InChI is InChI=1S/C22H23ClN4O/c1-14-8-10-27(11-9-14)22(28)19-13-24-21-18(7-6-15(2)25-21)20(19)26-17-5-3-4-16(23)12-17/h3-7,12-14H,8-11H2,1-2H3,(H,24,25,26). The lowest BCUT2D eigenvalue weighted by atomic mass is 9.98. The number of halogens is 1. The van der Waals surface area contributed by atoms with Gasteiger partial charge in [-0.1, -0.05) is 24.6 Å². The number of fused-ring (bicyclic) bond motifs is 1. The maximum absolute atomic E-state index is 13.3. The van der Waals surface area contributed by atoms with E-state index < -0.39 is 0 Å². The molecule has 1 saturated heterocycles. The Kier molecular flexibility index (Phi) is 5.18. The van der Waals surface area contributed by atoms with Crippen LogP contribution in [0.1, 0.15) is 35.8 Å². The van der Waals surface area contributed by atoms with Gasteiger partial charge in [0.2, 0.25) is 0 Å². The van der Waals surface area contributed by atoms with Crippen LogP contribution in [0, 0.1) is 12.8 Å². The maximum Gasteiger partial charge on any atom is 0.257 e. The number of nitrogens with one attached hydrogen (secondary N) is 1. The van der Waals surface area contributed by atoms with Crippen LogP contribution in [0.4, 0.5) is 11.4 Å². The van der Waals surface area contributed by atoms with E-state index in [1.807, 2.05) is 48.2 Å². The van der Waals surface area contributed by atoms with Crippen molar-refractivity contribution in [1.29, 1.82) is 0 Å². The van der Waals surface area contributed by atoms with Gasteiger partial charge in [-0.2, -0.15) is 0 Å². The minimum Gasteiger partial charge on any atom is -0.354 e. The highest BCUT2D eigenvalue weighted by Crippen LogP contribution is 2.31. The number of piperidine rings is 1. The third-order valence-corrected chi connectivity index (χ3v) is 5.50. The smallest absolute Gasteiger partial charge is 0.257 e. The van der Waals surface area contributed by atoms with Crippen molar-refractivity contribution in [2.24, 2.45) is 5.92 Å². The largest absolute Gasteiger partial charge is 0.354 e. The Morgan fingerprint density at radius 3 is 2.75 bits per heavy atom. The number of nitrogens with zero attached hydrogens (tertiary/aromatic N) is 3. The Bertz CT molecular complexity index is 1030. The molecule has 0 bridgehead atoms. The molecule has 4 rings (SSSR count). The molecule has 5 nitrogen and oxygen atoms in total. The van der Waals surface area contributed by atoms with E-state index in [2.05, 4.69) is 22.2 Å². The van der Waals surface area contributed by atoms with Crippen molar-refractivity contribution < 1.29 is 4.79 Å². The first kappa shape index (κ1) is 18.7. The Balaban J connectivity index is 1.78. The summed E-state index contributed by atoms with van der Waals surface area (Å²) < 4.78 is 0. The van der Waals surface area contributed by atoms with Gasteiger partial charge in [-0.05, 0) is 56.0 Å². The normalized spacial score (nSPS) is 15.0. The molecule has 6 heteroatoms. The Morgan fingerprint density at radius 2 is 2.00 bits per heavy atom. The van der Waals surface area contributed by atoms with Gasteiger partial charge >= 0.3 is 0 Å². The number of aromatic nitrogens is 2.